The van der Waals surface area contributed by atoms with Gasteiger partial charge < -0.3 is 10.6 Å². The molecule has 1 saturated heterocycles. The molecule has 0 saturated carbocycles. The maximum Gasteiger partial charge on any atom is 0.128 e. The first kappa shape index (κ1) is 15.7. The van der Waals surface area contributed by atoms with E-state index in [1.165, 1.54) is 0 Å². The molecule has 1 unspecified atom stereocenters. The van der Waals surface area contributed by atoms with Gasteiger partial charge in [0.15, 0.2) is 0 Å². The van der Waals surface area contributed by atoms with Crippen LogP contribution in [0.5, 0.6) is 0 Å². The number of thiocarbonyl (C=S) groups is 1. The predicted octanol–water partition coefficient (Wildman–Crippen LogP) is 2.34. The zero-order chi connectivity index (χ0) is 14.7. The Bertz CT molecular complexity index is 486. The Morgan fingerprint density at radius 3 is 2.55 bits per heavy atom. The number of halogens is 1. The van der Waals surface area contributed by atoms with Crippen molar-refractivity contribution in [3.05, 3.63) is 22.3 Å². The van der Waals surface area contributed by atoms with Crippen LogP contribution in [0.4, 0.5) is 5.82 Å². The molecule has 1 atom stereocenters. The summed E-state index contributed by atoms with van der Waals surface area (Å²) >= 11 is 8.65. The number of nitrogens with two attached hydrogens (primary N) is 1. The SMILES string of the molecule is CCC(C(N)=S)N1CCN(c2ccc(Br)c(C)n2)CC1. The molecule has 0 radical (unpaired) electrons. The van der Waals surface area contributed by atoms with Crippen molar-refractivity contribution in [3.63, 3.8) is 0 Å². The van der Waals surface area contributed by atoms with Gasteiger partial charge in [-0.05, 0) is 41.4 Å². The van der Waals surface area contributed by atoms with E-state index in [0.29, 0.717) is 4.99 Å². The third kappa shape index (κ3) is 3.48. The summed E-state index contributed by atoms with van der Waals surface area (Å²) in [5.41, 5.74) is 6.85. The maximum absolute atomic E-state index is 5.82. The molecule has 2 N–H and O–H groups in total. The summed E-state index contributed by atoms with van der Waals surface area (Å²) in [5, 5.41) is 0. The second-order valence-electron chi connectivity index (χ2n) is 5.09. The number of aromatic nitrogens is 1. The quantitative estimate of drug-likeness (QED) is 0.838. The first-order valence-electron chi connectivity index (χ1n) is 6.94. The molecule has 0 amide bonds. The van der Waals surface area contributed by atoms with E-state index < -0.39 is 0 Å². The van der Waals surface area contributed by atoms with Crippen molar-refractivity contribution in [2.45, 2.75) is 26.3 Å². The van der Waals surface area contributed by atoms with E-state index in [1.807, 2.05) is 6.92 Å². The second-order valence-corrected chi connectivity index (χ2v) is 6.41. The number of hydrogen-bond donors (Lipinski definition) is 1. The standard InChI is InChI=1S/C14H21BrN4S/c1-3-12(14(16)20)18-6-8-19(9-7-18)13-5-4-11(15)10(2)17-13/h4-5,12H,3,6-9H2,1-2H3,(H2,16,20). The third-order valence-electron chi connectivity index (χ3n) is 3.80. The fourth-order valence-electron chi connectivity index (χ4n) is 2.61. The largest absolute Gasteiger partial charge is 0.392 e. The molecule has 2 rings (SSSR count). The van der Waals surface area contributed by atoms with Crippen LogP contribution in [0.25, 0.3) is 0 Å². The zero-order valence-electron chi connectivity index (χ0n) is 12.0. The van der Waals surface area contributed by atoms with Gasteiger partial charge in [-0.3, -0.25) is 4.90 Å². The lowest BCUT2D eigenvalue weighted by Gasteiger charge is -2.39. The van der Waals surface area contributed by atoms with Gasteiger partial charge in [-0.15, -0.1) is 0 Å². The molecule has 0 aromatic carbocycles. The Kier molecular flexibility index (Phi) is 5.35. The highest BCUT2D eigenvalue weighted by Gasteiger charge is 2.24. The summed E-state index contributed by atoms with van der Waals surface area (Å²) in [6.45, 7) is 8.04. The van der Waals surface area contributed by atoms with E-state index >= 15 is 0 Å². The van der Waals surface area contributed by atoms with Crippen LogP contribution in [0, 0.1) is 6.92 Å². The molecule has 0 aliphatic carbocycles. The van der Waals surface area contributed by atoms with E-state index in [4.69, 9.17) is 18.0 Å². The Balaban J connectivity index is 2.00. The van der Waals surface area contributed by atoms with E-state index in [9.17, 15) is 0 Å². The normalized spacial score (nSPS) is 18.1. The minimum atomic E-state index is 0.228. The van der Waals surface area contributed by atoms with Crippen LogP contribution >= 0.6 is 28.1 Å². The molecule has 1 aromatic heterocycles. The minimum absolute atomic E-state index is 0.228. The molecule has 4 nitrogen and oxygen atoms in total. The molecule has 0 spiro atoms. The maximum atomic E-state index is 5.82. The zero-order valence-corrected chi connectivity index (χ0v) is 14.4. The van der Waals surface area contributed by atoms with Gasteiger partial charge in [-0.25, -0.2) is 4.98 Å². The van der Waals surface area contributed by atoms with Gasteiger partial charge in [-0.2, -0.15) is 0 Å². The van der Waals surface area contributed by atoms with Gasteiger partial charge in [0.05, 0.1) is 16.7 Å². The van der Waals surface area contributed by atoms with Gasteiger partial charge in [-0.1, -0.05) is 19.1 Å². The third-order valence-corrected chi connectivity index (χ3v) is 4.91. The molecule has 1 aromatic rings. The fourth-order valence-corrected chi connectivity index (χ4v) is 3.15. The van der Waals surface area contributed by atoms with Crippen molar-refractivity contribution < 1.29 is 0 Å². The molecule has 110 valence electrons. The lowest BCUT2D eigenvalue weighted by atomic mass is 10.1. The number of anilines is 1. The van der Waals surface area contributed by atoms with Crippen LogP contribution in [0.15, 0.2) is 16.6 Å². The van der Waals surface area contributed by atoms with E-state index in [2.05, 4.69) is 49.8 Å². The van der Waals surface area contributed by atoms with E-state index in [-0.39, 0.29) is 6.04 Å². The highest BCUT2D eigenvalue weighted by molar-refractivity contribution is 9.10. The number of rotatable bonds is 4. The average Bonchev–Trinajstić information content (AvgIpc) is 2.43. The van der Waals surface area contributed by atoms with Crippen LogP contribution in [0.1, 0.15) is 19.0 Å². The topological polar surface area (TPSA) is 45.4 Å². The van der Waals surface area contributed by atoms with Gasteiger partial charge in [0.1, 0.15) is 5.82 Å². The van der Waals surface area contributed by atoms with Crippen molar-refractivity contribution in [1.29, 1.82) is 0 Å². The molecule has 6 heteroatoms. The molecule has 1 aliphatic heterocycles. The molecule has 20 heavy (non-hydrogen) atoms. The Morgan fingerprint density at radius 2 is 2.05 bits per heavy atom. The van der Waals surface area contributed by atoms with Crippen molar-refractivity contribution in [2.75, 3.05) is 31.1 Å². The molecule has 1 aliphatic rings. The van der Waals surface area contributed by atoms with Crippen LogP contribution in [0.3, 0.4) is 0 Å². The summed E-state index contributed by atoms with van der Waals surface area (Å²) in [5.74, 6) is 1.05. The van der Waals surface area contributed by atoms with Gasteiger partial charge in [0.2, 0.25) is 0 Å². The number of hydrogen-bond acceptors (Lipinski definition) is 4. The van der Waals surface area contributed by atoms with Crippen LogP contribution in [0.2, 0.25) is 0 Å². The second kappa shape index (κ2) is 6.83. The molecular weight excluding hydrogens is 336 g/mol. The molecule has 0 bridgehead atoms. The van der Waals surface area contributed by atoms with Crippen molar-refractivity contribution in [3.8, 4) is 0 Å². The Morgan fingerprint density at radius 1 is 1.40 bits per heavy atom. The lowest BCUT2D eigenvalue weighted by molar-refractivity contribution is 0.224. The summed E-state index contributed by atoms with van der Waals surface area (Å²) in [7, 11) is 0. The average molecular weight is 357 g/mol. The Hall–Kier alpha value is -0.720. The molecule has 2 heterocycles. The first-order chi connectivity index (χ1) is 9.52. The predicted molar refractivity (Wildman–Crippen MR) is 91.3 cm³/mol. The summed E-state index contributed by atoms with van der Waals surface area (Å²) in [6, 6.07) is 4.36. The molecule has 1 fully saturated rings. The van der Waals surface area contributed by atoms with Crippen LogP contribution in [-0.2, 0) is 0 Å². The van der Waals surface area contributed by atoms with Gasteiger partial charge in [0, 0.05) is 30.7 Å². The number of piperazine rings is 1. The highest BCUT2D eigenvalue weighted by atomic mass is 79.9. The van der Waals surface area contributed by atoms with Crippen molar-refractivity contribution in [2.24, 2.45) is 5.73 Å². The first-order valence-corrected chi connectivity index (χ1v) is 8.14. The monoisotopic (exact) mass is 356 g/mol. The van der Waals surface area contributed by atoms with Crippen LogP contribution in [-0.4, -0.2) is 47.1 Å². The summed E-state index contributed by atoms with van der Waals surface area (Å²) in [6.07, 6.45) is 0.977. The minimum Gasteiger partial charge on any atom is -0.392 e. The van der Waals surface area contributed by atoms with Crippen molar-refractivity contribution >= 4 is 39.0 Å². The van der Waals surface area contributed by atoms with E-state index in [1.54, 1.807) is 0 Å². The fraction of sp³-hybridized carbons (Fsp3) is 0.571. The van der Waals surface area contributed by atoms with Crippen LogP contribution < -0.4 is 10.6 Å². The van der Waals surface area contributed by atoms with Gasteiger partial charge in [0.25, 0.3) is 0 Å². The summed E-state index contributed by atoms with van der Waals surface area (Å²) < 4.78 is 1.06. The number of aryl methyl sites for hydroxylation is 1. The summed E-state index contributed by atoms with van der Waals surface area (Å²) in [4.78, 5) is 9.94. The Labute approximate surface area is 134 Å². The van der Waals surface area contributed by atoms with Gasteiger partial charge >= 0.3 is 0 Å². The number of pyridine rings is 1. The van der Waals surface area contributed by atoms with Crippen molar-refractivity contribution in [1.82, 2.24) is 9.88 Å². The lowest BCUT2D eigenvalue weighted by Crippen LogP contribution is -2.53. The smallest absolute Gasteiger partial charge is 0.128 e. The highest BCUT2D eigenvalue weighted by Crippen LogP contribution is 2.21. The number of nitrogens with zero attached hydrogens (tertiary/aromatic N) is 3. The van der Waals surface area contributed by atoms with E-state index in [0.717, 1.165) is 48.6 Å². The molecular formula is C14H21BrN4S.